The Balaban J connectivity index is 1.55. The molecule has 1 N–H and O–H groups in total. The van der Waals surface area contributed by atoms with Gasteiger partial charge >= 0.3 is 0 Å². The fourth-order valence-electron chi connectivity index (χ4n) is 2.82. The van der Waals surface area contributed by atoms with Crippen LogP contribution in [0.25, 0.3) is 0 Å². The van der Waals surface area contributed by atoms with Crippen LogP contribution in [0.15, 0.2) is 18.2 Å². The van der Waals surface area contributed by atoms with Crippen LogP contribution in [0, 0.1) is 5.82 Å². The van der Waals surface area contributed by atoms with Gasteiger partial charge in [-0.25, -0.2) is 4.39 Å². The van der Waals surface area contributed by atoms with Crippen molar-refractivity contribution in [3.63, 3.8) is 0 Å². The maximum atomic E-state index is 13.7. The summed E-state index contributed by atoms with van der Waals surface area (Å²) in [5.41, 5.74) is 0.943. The second-order valence-corrected chi connectivity index (χ2v) is 5.26. The average Bonchev–Trinajstić information content (AvgIpc) is 2.49. The molecule has 2 heterocycles. The molecular weight excluding hydrogens is 259 g/mol. The first-order valence-corrected chi connectivity index (χ1v) is 7.29. The topological polar surface area (TPSA) is 33.7 Å². The second-order valence-electron chi connectivity index (χ2n) is 5.26. The van der Waals surface area contributed by atoms with Crippen molar-refractivity contribution in [3.05, 3.63) is 29.6 Å². The molecule has 20 heavy (non-hydrogen) atoms. The van der Waals surface area contributed by atoms with Crippen LogP contribution < -0.4 is 10.1 Å². The molecule has 1 saturated heterocycles. The summed E-state index contributed by atoms with van der Waals surface area (Å²) in [5.74, 6) is 0.157. The summed E-state index contributed by atoms with van der Waals surface area (Å²) < 4.78 is 24.5. The molecule has 0 radical (unpaired) electrons. The minimum atomic E-state index is -0.262. The van der Waals surface area contributed by atoms with Crippen molar-refractivity contribution in [1.82, 2.24) is 10.2 Å². The van der Waals surface area contributed by atoms with Gasteiger partial charge in [0.2, 0.25) is 0 Å². The molecule has 2 aliphatic heterocycles. The van der Waals surface area contributed by atoms with E-state index in [1.54, 1.807) is 6.07 Å². The molecule has 0 saturated carbocycles. The van der Waals surface area contributed by atoms with Crippen molar-refractivity contribution >= 4 is 0 Å². The molecule has 1 atom stereocenters. The van der Waals surface area contributed by atoms with Gasteiger partial charge in [0.15, 0.2) is 11.6 Å². The number of morpholine rings is 1. The summed E-state index contributed by atoms with van der Waals surface area (Å²) in [7, 11) is 0. The fraction of sp³-hybridized carbons (Fsp3) is 0.600. The highest BCUT2D eigenvalue weighted by Gasteiger charge is 2.23. The van der Waals surface area contributed by atoms with E-state index in [9.17, 15) is 4.39 Å². The minimum Gasteiger partial charge on any atom is -0.490 e. The van der Waals surface area contributed by atoms with Crippen LogP contribution in [0.5, 0.6) is 5.75 Å². The Morgan fingerprint density at radius 1 is 1.25 bits per heavy atom. The number of para-hydroxylation sites is 1. The van der Waals surface area contributed by atoms with Crippen molar-refractivity contribution in [3.8, 4) is 5.75 Å². The van der Waals surface area contributed by atoms with Gasteiger partial charge in [0, 0.05) is 44.2 Å². The van der Waals surface area contributed by atoms with Crippen LogP contribution in [0.2, 0.25) is 0 Å². The smallest absolute Gasteiger partial charge is 0.165 e. The first kappa shape index (κ1) is 13.8. The van der Waals surface area contributed by atoms with Crippen LogP contribution in [-0.4, -0.2) is 50.9 Å². The molecule has 1 unspecified atom stereocenters. The lowest BCUT2D eigenvalue weighted by molar-refractivity contribution is 0.0379. The highest BCUT2D eigenvalue weighted by molar-refractivity contribution is 5.38. The van der Waals surface area contributed by atoms with Gasteiger partial charge in [0.25, 0.3) is 0 Å². The van der Waals surface area contributed by atoms with E-state index in [-0.39, 0.29) is 11.9 Å². The van der Waals surface area contributed by atoms with Crippen LogP contribution >= 0.6 is 0 Å². The van der Waals surface area contributed by atoms with Gasteiger partial charge in [0.05, 0.1) is 19.8 Å². The molecule has 0 bridgehead atoms. The third-order valence-electron chi connectivity index (χ3n) is 3.95. The Morgan fingerprint density at radius 3 is 2.95 bits per heavy atom. The predicted molar refractivity (Wildman–Crippen MR) is 74.5 cm³/mol. The highest BCUT2D eigenvalue weighted by Crippen LogP contribution is 2.33. The van der Waals surface area contributed by atoms with Crippen LogP contribution in [0.3, 0.4) is 0 Å². The van der Waals surface area contributed by atoms with Crippen LogP contribution in [0.4, 0.5) is 4.39 Å². The molecule has 0 spiro atoms. The van der Waals surface area contributed by atoms with E-state index in [0.717, 1.165) is 51.4 Å². The van der Waals surface area contributed by atoms with E-state index >= 15 is 0 Å². The van der Waals surface area contributed by atoms with Gasteiger partial charge < -0.3 is 14.8 Å². The number of nitrogens with one attached hydrogen (secondary N) is 1. The number of halogens is 1. The molecule has 1 aromatic carbocycles. The Labute approximate surface area is 118 Å². The summed E-state index contributed by atoms with van der Waals surface area (Å²) in [6.45, 7) is 6.13. The van der Waals surface area contributed by atoms with Gasteiger partial charge in [0.1, 0.15) is 0 Å². The number of benzene rings is 1. The largest absolute Gasteiger partial charge is 0.490 e. The van der Waals surface area contributed by atoms with Gasteiger partial charge in [-0.2, -0.15) is 0 Å². The summed E-state index contributed by atoms with van der Waals surface area (Å²) >= 11 is 0. The van der Waals surface area contributed by atoms with E-state index < -0.39 is 0 Å². The van der Waals surface area contributed by atoms with E-state index in [2.05, 4.69) is 10.2 Å². The third kappa shape index (κ3) is 3.11. The zero-order valence-electron chi connectivity index (χ0n) is 11.6. The summed E-state index contributed by atoms with van der Waals surface area (Å²) in [4.78, 5) is 2.39. The van der Waals surface area contributed by atoms with Gasteiger partial charge in [-0.1, -0.05) is 12.1 Å². The lowest BCUT2D eigenvalue weighted by atomic mass is 10.0. The zero-order chi connectivity index (χ0) is 13.8. The molecule has 0 amide bonds. The molecular formula is C15H21FN2O2. The molecule has 0 aromatic heterocycles. The SMILES string of the molecule is Fc1cccc2c1OCCC2NCCN1CCOCC1. The highest BCUT2D eigenvalue weighted by atomic mass is 19.1. The van der Waals surface area contributed by atoms with Gasteiger partial charge in [-0.3, -0.25) is 4.90 Å². The Bertz CT molecular complexity index is 449. The van der Waals surface area contributed by atoms with Crippen molar-refractivity contribution < 1.29 is 13.9 Å². The lowest BCUT2D eigenvalue weighted by Crippen LogP contribution is -2.41. The molecule has 4 nitrogen and oxygen atoms in total. The molecule has 110 valence electrons. The third-order valence-corrected chi connectivity index (χ3v) is 3.95. The maximum Gasteiger partial charge on any atom is 0.165 e. The molecule has 1 aromatic rings. The first-order chi connectivity index (χ1) is 9.84. The quantitative estimate of drug-likeness (QED) is 0.908. The first-order valence-electron chi connectivity index (χ1n) is 7.29. The number of rotatable bonds is 4. The molecule has 0 aliphatic carbocycles. The van der Waals surface area contributed by atoms with Crippen molar-refractivity contribution in [2.24, 2.45) is 0 Å². The van der Waals surface area contributed by atoms with Crippen molar-refractivity contribution in [2.75, 3.05) is 46.0 Å². The summed E-state index contributed by atoms with van der Waals surface area (Å²) in [6.07, 6.45) is 0.888. The standard InChI is InChI=1S/C15H21FN2O2/c16-13-3-1-2-12-14(4-9-20-15(12)13)17-5-6-18-7-10-19-11-8-18/h1-3,14,17H,4-11H2. The zero-order valence-corrected chi connectivity index (χ0v) is 11.6. The number of nitrogens with zero attached hydrogens (tertiary/aromatic N) is 1. The van der Waals surface area contributed by atoms with E-state index in [1.165, 1.54) is 6.07 Å². The number of hydrogen-bond donors (Lipinski definition) is 1. The summed E-state index contributed by atoms with van der Waals surface area (Å²) in [5, 5.41) is 3.52. The van der Waals surface area contributed by atoms with Gasteiger partial charge in [-0.05, 0) is 6.07 Å². The van der Waals surface area contributed by atoms with Gasteiger partial charge in [-0.15, -0.1) is 0 Å². The van der Waals surface area contributed by atoms with Crippen molar-refractivity contribution in [2.45, 2.75) is 12.5 Å². The van der Waals surface area contributed by atoms with Crippen LogP contribution in [-0.2, 0) is 4.74 Å². The molecule has 3 rings (SSSR count). The fourth-order valence-corrected chi connectivity index (χ4v) is 2.82. The minimum absolute atomic E-state index is 0.190. The van der Waals surface area contributed by atoms with E-state index in [1.807, 2.05) is 6.07 Å². The second kappa shape index (κ2) is 6.52. The molecule has 5 heteroatoms. The van der Waals surface area contributed by atoms with E-state index in [0.29, 0.717) is 12.4 Å². The lowest BCUT2D eigenvalue weighted by Gasteiger charge is -2.30. The molecule has 1 fully saturated rings. The Kier molecular flexibility index (Phi) is 4.50. The Hall–Kier alpha value is -1.17. The summed E-state index contributed by atoms with van der Waals surface area (Å²) in [6, 6.07) is 5.34. The number of hydrogen-bond acceptors (Lipinski definition) is 4. The van der Waals surface area contributed by atoms with Crippen molar-refractivity contribution in [1.29, 1.82) is 0 Å². The monoisotopic (exact) mass is 280 g/mol. The molecule has 2 aliphatic rings. The normalized spacial score (nSPS) is 23.1. The average molecular weight is 280 g/mol. The maximum absolute atomic E-state index is 13.7. The van der Waals surface area contributed by atoms with Crippen LogP contribution in [0.1, 0.15) is 18.0 Å². The van der Waals surface area contributed by atoms with E-state index in [4.69, 9.17) is 9.47 Å². The Morgan fingerprint density at radius 2 is 2.10 bits per heavy atom. The number of fused-ring (bicyclic) bond motifs is 1. The number of ether oxygens (including phenoxy) is 2. The predicted octanol–water partition coefficient (Wildman–Crippen LogP) is 1.57.